The largest absolute Gasteiger partial charge is 0.386 e. The lowest BCUT2D eigenvalue weighted by atomic mass is 9.90. The van der Waals surface area contributed by atoms with E-state index in [1.807, 2.05) is 49.4 Å². The van der Waals surface area contributed by atoms with E-state index in [1.165, 1.54) is 0 Å². The van der Waals surface area contributed by atoms with E-state index < -0.39 is 11.5 Å². The zero-order chi connectivity index (χ0) is 26.9. The number of nitrogens with zero attached hydrogens (tertiary/aromatic N) is 2. The van der Waals surface area contributed by atoms with Crippen molar-refractivity contribution in [2.75, 3.05) is 4.90 Å². The molecule has 6 nitrogen and oxygen atoms in total. The maximum atomic E-state index is 13.3. The van der Waals surface area contributed by atoms with Gasteiger partial charge in [0, 0.05) is 34.5 Å². The quantitative estimate of drug-likeness (QED) is 0.312. The lowest BCUT2D eigenvalue weighted by Crippen LogP contribution is -2.24. The predicted molar refractivity (Wildman–Crippen MR) is 148 cm³/mol. The summed E-state index contributed by atoms with van der Waals surface area (Å²) in [7, 11) is 0. The van der Waals surface area contributed by atoms with Gasteiger partial charge in [-0.15, -0.1) is 0 Å². The predicted octanol–water partition coefficient (Wildman–Crippen LogP) is 5.77. The summed E-state index contributed by atoms with van der Waals surface area (Å²) in [6.45, 7) is 5.96. The van der Waals surface area contributed by atoms with Crippen LogP contribution in [-0.4, -0.2) is 21.9 Å². The number of pyridine rings is 1. The number of halogens is 1. The van der Waals surface area contributed by atoms with Crippen LogP contribution >= 0.6 is 11.6 Å². The Morgan fingerprint density at radius 1 is 1.03 bits per heavy atom. The summed E-state index contributed by atoms with van der Waals surface area (Å²) in [4.78, 5) is 31.9. The number of anilines is 1. The summed E-state index contributed by atoms with van der Waals surface area (Å²) in [5, 5.41) is 11.1. The summed E-state index contributed by atoms with van der Waals surface area (Å²) in [6.07, 6.45) is 2.19. The van der Waals surface area contributed by atoms with Crippen LogP contribution in [0, 0.1) is 6.92 Å². The van der Waals surface area contributed by atoms with Gasteiger partial charge < -0.3 is 15.7 Å². The van der Waals surface area contributed by atoms with Crippen molar-refractivity contribution in [2.45, 2.75) is 39.3 Å². The zero-order valence-corrected chi connectivity index (χ0v) is 22.1. The number of hydrogen-bond acceptors (Lipinski definition) is 4. The van der Waals surface area contributed by atoms with Gasteiger partial charge in [0.15, 0.2) is 0 Å². The van der Waals surface area contributed by atoms with Crippen LogP contribution in [-0.2, 0) is 18.6 Å². The molecule has 2 amide bonds. The standard InChI is InChI=1S/C31H26ClN3O3/c1-16-21(5-4-6-26(16)35-15-17-7-9-20(32)13-23(17)30(35)37)25-14-34-28(29(33)36)24-12-18-11-19(31(2,3)38)8-10-22(18)27(24)25/h4-11,13-14,38H,12,15H2,1-3H3,(H2,33,36). The van der Waals surface area contributed by atoms with E-state index in [4.69, 9.17) is 17.3 Å². The van der Waals surface area contributed by atoms with Crippen molar-refractivity contribution in [3.8, 4) is 22.3 Å². The van der Waals surface area contributed by atoms with Gasteiger partial charge in [-0.05, 0) is 83.5 Å². The first-order valence-electron chi connectivity index (χ1n) is 12.4. The molecule has 0 radical (unpaired) electrons. The van der Waals surface area contributed by atoms with Crippen LogP contribution in [0.1, 0.15) is 62.5 Å². The SMILES string of the molecule is Cc1c(-c2cnc(C(N)=O)c3c2-c2ccc(C(C)(C)O)cc2C3)cccc1N1Cc2ccc(Cl)cc2C1=O. The number of hydrogen-bond donors (Lipinski definition) is 2. The van der Waals surface area contributed by atoms with Crippen LogP contribution in [0.25, 0.3) is 22.3 Å². The van der Waals surface area contributed by atoms with E-state index in [0.29, 0.717) is 23.6 Å². The van der Waals surface area contributed by atoms with E-state index in [-0.39, 0.29) is 11.6 Å². The molecule has 1 aliphatic heterocycles. The van der Waals surface area contributed by atoms with Crippen LogP contribution in [0.5, 0.6) is 0 Å². The molecule has 6 rings (SSSR count). The molecule has 2 aliphatic rings. The average Bonchev–Trinajstić information content (AvgIpc) is 3.40. The second kappa shape index (κ2) is 8.51. The van der Waals surface area contributed by atoms with Crippen LogP contribution in [0.4, 0.5) is 5.69 Å². The Morgan fingerprint density at radius 2 is 1.82 bits per heavy atom. The molecule has 3 N–H and O–H groups in total. The third-order valence-corrected chi connectivity index (χ3v) is 7.86. The number of fused-ring (bicyclic) bond motifs is 4. The number of aromatic nitrogens is 1. The molecule has 3 aromatic carbocycles. The van der Waals surface area contributed by atoms with Gasteiger partial charge in [-0.2, -0.15) is 0 Å². The summed E-state index contributed by atoms with van der Waals surface area (Å²) in [5.41, 5.74) is 14.5. The Hall–Kier alpha value is -4.00. The van der Waals surface area contributed by atoms with Gasteiger partial charge in [0.1, 0.15) is 5.69 Å². The van der Waals surface area contributed by atoms with Crippen molar-refractivity contribution in [3.63, 3.8) is 0 Å². The number of benzene rings is 3. The van der Waals surface area contributed by atoms with Gasteiger partial charge in [0.2, 0.25) is 0 Å². The van der Waals surface area contributed by atoms with E-state index in [9.17, 15) is 14.7 Å². The third kappa shape index (κ3) is 3.71. The Morgan fingerprint density at radius 3 is 2.55 bits per heavy atom. The number of carbonyl (C=O) groups is 2. The molecule has 0 spiro atoms. The Bertz CT molecular complexity index is 1690. The molecule has 0 bridgehead atoms. The van der Waals surface area contributed by atoms with E-state index >= 15 is 0 Å². The summed E-state index contributed by atoms with van der Waals surface area (Å²) < 4.78 is 0. The highest BCUT2D eigenvalue weighted by molar-refractivity contribution is 6.31. The third-order valence-electron chi connectivity index (χ3n) is 7.62. The average molecular weight is 524 g/mol. The second-order valence-electron chi connectivity index (χ2n) is 10.5. The minimum atomic E-state index is -0.994. The molecule has 1 aromatic heterocycles. The lowest BCUT2D eigenvalue weighted by molar-refractivity contribution is 0.0785. The van der Waals surface area contributed by atoms with Gasteiger partial charge in [-0.25, -0.2) is 0 Å². The molecule has 0 saturated carbocycles. The van der Waals surface area contributed by atoms with Crippen molar-refractivity contribution in [1.29, 1.82) is 0 Å². The monoisotopic (exact) mass is 523 g/mol. The minimum Gasteiger partial charge on any atom is -0.386 e. The maximum absolute atomic E-state index is 13.3. The Balaban J connectivity index is 1.50. The molecule has 190 valence electrons. The number of amides is 2. The molecule has 0 atom stereocenters. The van der Waals surface area contributed by atoms with Gasteiger partial charge in [0.25, 0.3) is 11.8 Å². The van der Waals surface area contributed by atoms with E-state index in [2.05, 4.69) is 4.98 Å². The van der Waals surface area contributed by atoms with E-state index in [1.54, 1.807) is 37.1 Å². The van der Waals surface area contributed by atoms with Crippen molar-refractivity contribution in [3.05, 3.63) is 105 Å². The van der Waals surface area contributed by atoms with Crippen molar-refractivity contribution >= 4 is 29.1 Å². The molecule has 0 fully saturated rings. The number of aliphatic hydroxyl groups is 1. The van der Waals surface area contributed by atoms with Crippen molar-refractivity contribution < 1.29 is 14.7 Å². The second-order valence-corrected chi connectivity index (χ2v) is 10.9. The lowest BCUT2D eigenvalue weighted by Gasteiger charge is -2.22. The van der Waals surface area contributed by atoms with E-state index in [0.717, 1.165) is 55.8 Å². The molecule has 1 aliphatic carbocycles. The van der Waals surface area contributed by atoms with Crippen LogP contribution in [0.2, 0.25) is 5.02 Å². The van der Waals surface area contributed by atoms with Crippen LogP contribution < -0.4 is 10.6 Å². The summed E-state index contributed by atoms with van der Waals surface area (Å²) >= 11 is 6.16. The summed E-state index contributed by atoms with van der Waals surface area (Å²) in [6, 6.07) is 17.2. The van der Waals surface area contributed by atoms with Gasteiger partial charge in [-0.3, -0.25) is 14.6 Å². The van der Waals surface area contributed by atoms with Gasteiger partial charge in [0.05, 0.1) is 12.1 Å². The topological polar surface area (TPSA) is 96.5 Å². The fourth-order valence-corrected chi connectivity index (χ4v) is 5.85. The number of primary amides is 1. The fourth-order valence-electron chi connectivity index (χ4n) is 5.68. The number of nitrogens with two attached hydrogens (primary N) is 1. The first kappa shape index (κ1) is 24.3. The van der Waals surface area contributed by atoms with Crippen LogP contribution in [0.15, 0.2) is 60.8 Å². The highest BCUT2D eigenvalue weighted by Crippen LogP contribution is 2.46. The fraction of sp³-hybridized carbons (Fsp3) is 0.194. The molecule has 0 unspecified atom stereocenters. The zero-order valence-electron chi connectivity index (χ0n) is 21.3. The number of rotatable bonds is 4. The number of carbonyl (C=O) groups excluding carboxylic acids is 2. The summed E-state index contributed by atoms with van der Waals surface area (Å²) in [5.74, 6) is -0.660. The Kier molecular flexibility index (Phi) is 5.45. The Labute approximate surface area is 225 Å². The molecule has 7 heteroatoms. The first-order chi connectivity index (χ1) is 18.0. The first-order valence-corrected chi connectivity index (χ1v) is 12.8. The van der Waals surface area contributed by atoms with Crippen LogP contribution in [0.3, 0.4) is 0 Å². The molecule has 0 saturated heterocycles. The molecule has 38 heavy (non-hydrogen) atoms. The highest BCUT2D eigenvalue weighted by Gasteiger charge is 2.32. The maximum Gasteiger partial charge on any atom is 0.267 e. The van der Waals surface area contributed by atoms with Gasteiger partial charge in [-0.1, -0.05) is 48.0 Å². The van der Waals surface area contributed by atoms with Gasteiger partial charge >= 0.3 is 0 Å². The molecular weight excluding hydrogens is 498 g/mol. The molecule has 4 aromatic rings. The normalized spacial score (nSPS) is 13.9. The smallest absolute Gasteiger partial charge is 0.267 e. The minimum absolute atomic E-state index is 0.0836. The highest BCUT2D eigenvalue weighted by atomic mass is 35.5. The molecule has 2 heterocycles. The van der Waals surface area contributed by atoms with Crippen molar-refractivity contribution in [1.82, 2.24) is 4.98 Å². The van der Waals surface area contributed by atoms with Crippen molar-refractivity contribution in [2.24, 2.45) is 5.73 Å². The molecular formula is C31H26ClN3O3.